The quantitative estimate of drug-likeness (QED) is 0.445. The van der Waals surface area contributed by atoms with Gasteiger partial charge in [-0.2, -0.15) is 12.7 Å². The van der Waals surface area contributed by atoms with E-state index in [2.05, 4.69) is 0 Å². The van der Waals surface area contributed by atoms with E-state index in [-0.39, 0.29) is 18.8 Å². The summed E-state index contributed by atoms with van der Waals surface area (Å²) in [5.74, 6) is 0. The molecule has 16 heavy (non-hydrogen) atoms. The van der Waals surface area contributed by atoms with Gasteiger partial charge in [-0.25, -0.2) is 0 Å². The molecule has 0 spiro atoms. The van der Waals surface area contributed by atoms with E-state index in [0.717, 1.165) is 0 Å². The van der Waals surface area contributed by atoms with Gasteiger partial charge in [-0.1, -0.05) is 9.95 Å². The number of hydrogen-bond donors (Lipinski definition) is 0. The fourth-order valence-corrected chi connectivity index (χ4v) is 2.20. The lowest BCUT2D eigenvalue weighted by Gasteiger charge is -2.06. The van der Waals surface area contributed by atoms with Gasteiger partial charge in [0.25, 0.3) is 5.69 Å². The van der Waals surface area contributed by atoms with Crippen LogP contribution in [-0.2, 0) is 23.5 Å². The number of halogens is 1. The van der Waals surface area contributed by atoms with Gasteiger partial charge >= 0.3 is 10.4 Å². The number of nitrogens with zero attached hydrogens (tertiary/aromatic N) is 2. The van der Waals surface area contributed by atoms with Gasteiger partial charge in [0.2, 0.25) is 0 Å². The summed E-state index contributed by atoms with van der Waals surface area (Å²) in [5, 5.41) is 10.5. The molecule has 0 amide bonds. The molecule has 6 nitrogen and oxygen atoms in total. The third-order valence-electron chi connectivity index (χ3n) is 2.40. The minimum absolute atomic E-state index is 0.0772. The van der Waals surface area contributed by atoms with Crippen LogP contribution in [0.1, 0.15) is 11.1 Å². The maximum Gasteiger partial charge on any atom is 0.375 e. The lowest BCUT2D eigenvalue weighted by molar-refractivity contribution is -0.384. The molecule has 0 bridgehead atoms. The first kappa shape index (κ1) is 11.0. The van der Waals surface area contributed by atoms with E-state index in [0.29, 0.717) is 15.4 Å². The van der Waals surface area contributed by atoms with Crippen LogP contribution in [0.3, 0.4) is 0 Å². The molecule has 0 saturated carbocycles. The summed E-state index contributed by atoms with van der Waals surface area (Å²) in [6.45, 7) is -0.234. The van der Waals surface area contributed by atoms with E-state index in [4.69, 9.17) is 0 Å². The minimum atomic E-state index is -4.74. The summed E-state index contributed by atoms with van der Waals surface area (Å²) in [4.78, 5) is 9.90. The van der Waals surface area contributed by atoms with Crippen molar-refractivity contribution < 1.29 is 17.2 Å². The highest BCUT2D eigenvalue weighted by Crippen LogP contribution is 2.28. The second kappa shape index (κ2) is 3.49. The van der Waals surface area contributed by atoms with Crippen molar-refractivity contribution in [2.45, 2.75) is 13.1 Å². The summed E-state index contributed by atoms with van der Waals surface area (Å²) in [6.07, 6.45) is 0. The smallest absolute Gasteiger partial charge is 0.258 e. The Hall–Kier alpha value is -1.54. The molecule has 1 aliphatic rings. The highest BCUT2D eigenvalue weighted by Gasteiger charge is 2.29. The second-order valence-corrected chi connectivity index (χ2v) is 4.76. The van der Waals surface area contributed by atoms with Crippen molar-refractivity contribution in [1.82, 2.24) is 4.31 Å². The number of fused-ring (bicyclic) bond motifs is 1. The van der Waals surface area contributed by atoms with E-state index in [1.807, 2.05) is 0 Å². The van der Waals surface area contributed by atoms with Crippen LogP contribution in [0.25, 0.3) is 0 Å². The standard InChI is InChI=1S/C8H7FN2O4S/c9-16(14,15)10-4-6-1-2-8(11(12)13)3-7(6)5-10/h1-3H,4-5H2. The molecular weight excluding hydrogens is 239 g/mol. The van der Waals surface area contributed by atoms with Gasteiger partial charge in [0.05, 0.1) is 4.92 Å². The SMILES string of the molecule is O=[N+]([O-])c1ccc2c(c1)CN(S(=O)(=O)F)C2. The number of rotatable bonds is 2. The molecule has 86 valence electrons. The van der Waals surface area contributed by atoms with Gasteiger partial charge < -0.3 is 0 Å². The molecular formula is C8H7FN2O4S. The van der Waals surface area contributed by atoms with Gasteiger partial charge in [-0.3, -0.25) is 10.1 Å². The van der Waals surface area contributed by atoms with Crippen molar-refractivity contribution in [3.05, 3.63) is 39.4 Å². The predicted molar refractivity (Wildman–Crippen MR) is 52.4 cm³/mol. The number of nitro benzene ring substituents is 1. The van der Waals surface area contributed by atoms with E-state index < -0.39 is 15.3 Å². The Morgan fingerprint density at radius 2 is 1.94 bits per heavy atom. The van der Waals surface area contributed by atoms with Crippen molar-refractivity contribution in [1.29, 1.82) is 0 Å². The Balaban J connectivity index is 2.35. The summed E-state index contributed by atoms with van der Waals surface area (Å²) >= 11 is 0. The normalized spacial score (nSPS) is 16.1. The first-order valence-corrected chi connectivity index (χ1v) is 5.68. The molecule has 0 fully saturated rings. The second-order valence-electron chi connectivity index (χ2n) is 3.42. The lowest BCUT2D eigenvalue weighted by atomic mass is 10.1. The van der Waals surface area contributed by atoms with Crippen LogP contribution in [-0.4, -0.2) is 17.6 Å². The van der Waals surface area contributed by atoms with E-state index >= 15 is 0 Å². The molecule has 1 heterocycles. The molecule has 0 N–H and O–H groups in total. The van der Waals surface area contributed by atoms with Crippen LogP contribution in [0, 0.1) is 10.1 Å². The lowest BCUT2D eigenvalue weighted by Crippen LogP contribution is -2.20. The summed E-state index contributed by atoms with van der Waals surface area (Å²) in [6, 6.07) is 3.98. The Morgan fingerprint density at radius 3 is 2.50 bits per heavy atom. The number of nitro groups is 1. The first-order chi connectivity index (χ1) is 7.38. The Morgan fingerprint density at radius 1 is 1.31 bits per heavy atom. The Bertz CT molecular complexity index is 557. The first-order valence-electron chi connectivity index (χ1n) is 4.34. The monoisotopic (exact) mass is 246 g/mol. The van der Waals surface area contributed by atoms with Gasteiger partial charge in [0.15, 0.2) is 0 Å². The summed E-state index contributed by atoms with van der Waals surface area (Å²) < 4.78 is 34.6. The fraction of sp³-hybridized carbons (Fsp3) is 0.250. The van der Waals surface area contributed by atoms with E-state index in [1.54, 1.807) is 0 Å². The van der Waals surface area contributed by atoms with Gasteiger partial charge in [-0.15, -0.1) is 0 Å². The third kappa shape index (κ3) is 1.89. The maximum atomic E-state index is 12.7. The zero-order valence-corrected chi connectivity index (χ0v) is 8.78. The molecule has 0 saturated heterocycles. The molecule has 0 unspecified atom stereocenters. The predicted octanol–water partition coefficient (Wildman–Crippen LogP) is 1.12. The van der Waals surface area contributed by atoms with Crippen molar-refractivity contribution >= 4 is 16.1 Å². The molecule has 0 aliphatic carbocycles. The van der Waals surface area contributed by atoms with Crippen LogP contribution >= 0.6 is 0 Å². The summed E-state index contributed by atoms with van der Waals surface area (Å²) in [5.41, 5.74) is 0.930. The third-order valence-corrected chi connectivity index (χ3v) is 3.28. The average Bonchev–Trinajstić information content (AvgIpc) is 2.58. The van der Waals surface area contributed by atoms with Crippen molar-refractivity contribution in [3.8, 4) is 0 Å². The molecule has 2 rings (SSSR count). The highest BCUT2D eigenvalue weighted by molar-refractivity contribution is 7.83. The van der Waals surface area contributed by atoms with E-state index in [1.165, 1.54) is 18.2 Å². The zero-order chi connectivity index (χ0) is 11.9. The molecule has 8 heteroatoms. The van der Waals surface area contributed by atoms with Gasteiger partial charge in [0.1, 0.15) is 0 Å². The van der Waals surface area contributed by atoms with Crippen LogP contribution in [0.15, 0.2) is 18.2 Å². The number of benzene rings is 1. The van der Waals surface area contributed by atoms with Crippen LogP contribution in [0.4, 0.5) is 9.57 Å². The molecule has 1 aromatic rings. The molecule has 1 aliphatic heterocycles. The molecule has 1 aromatic carbocycles. The fourth-order valence-electron chi connectivity index (χ4n) is 1.62. The maximum absolute atomic E-state index is 12.7. The van der Waals surface area contributed by atoms with Gasteiger partial charge in [0, 0.05) is 25.2 Å². The highest BCUT2D eigenvalue weighted by atomic mass is 32.3. The van der Waals surface area contributed by atoms with E-state index in [9.17, 15) is 22.4 Å². The Kier molecular flexibility index (Phi) is 2.39. The van der Waals surface area contributed by atoms with Crippen molar-refractivity contribution in [2.75, 3.05) is 0 Å². The van der Waals surface area contributed by atoms with Crippen LogP contribution in [0.2, 0.25) is 0 Å². The number of non-ortho nitro benzene ring substituents is 1. The van der Waals surface area contributed by atoms with Crippen molar-refractivity contribution in [2.24, 2.45) is 0 Å². The average molecular weight is 246 g/mol. The zero-order valence-electron chi connectivity index (χ0n) is 7.96. The van der Waals surface area contributed by atoms with Crippen LogP contribution < -0.4 is 0 Å². The van der Waals surface area contributed by atoms with Crippen molar-refractivity contribution in [3.63, 3.8) is 0 Å². The van der Waals surface area contributed by atoms with Crippen LogP contribution in [0.5, 0.6) is 0 Å². The van der Waals surface area contributed by atoms with Gasteiger partial charge in [-0.05, 0) is 11.1 Å². The summed E-state index contributed by atoms with van der Waals surface area (Å²) in [7, 11) is -4.74. The topological polar surface area (TPSA) is 80.5 Å². The largest absolute Gasteiger partial charge is 0.375 e. The molecule has 0 atom stereocenters. The molecule has 0 radical (unpaired) electrons. The number of hydrogen-bond acceptors (Lipinski definition) is 4. The molecule has 0 aromatic heterocycles. The Labute approximate surface area is 90.8 Å². The minimum Gasteiger partial charge on any atom is -0.258 e.